The quantitative estimate of drug-likeness (QED) is 0.573. The fourth-order valence-corrected chi connectivity index (χ4v) is 5.07. The molecule has 0 bridgehead atoms. The number of pyridine rings is 1. The van der Waals surface area contributed by atoms with Crippen LogP contribution >= 0.6 is 0 Å². The molecule has 10 heteroatoms. The van der Waals surface area contributed by atoms with Crippen LogP contribution in [0.2, 0.25) is 0 Å². The molecular formula is C26H31N7O3. The maximum Gasteiger partial charge on any atom is 0.253 e. The van der Waals surface area contributed by atoms with Crippen molar-refractivity contribution < 1.29 is 14.3 Å². The number of carbonyl (C=O) groups excluding carboxylic acids is 1. The lowest BCUT2D eigenvalue weighted by Gasteiger charge is -2.37. The molecule has 0 aliphatic carbocycles. The number of hydrogen-bond donors (Lipinski definition) is 2. The van der Waals surface area contributed by atoms with Crippen LogP contribution < -0.4 is 20.4 Å². The van der Waals surface area contributed by atoms with Gasteiger partial charge in [0.05, 0.1) is 55.2 Å². The van der Waals surface area contributed by atoms with E-state index in [-0.39, 0.29) is 18.0 Å². The molecule has 3 aliphatic rings. The minimum absolute atomic E-state index is 0.0767. The molecule has 2 fully saturated rings. The first-order valence-corrected chi connectivity index (χ1v) is 12.6. The molecule has 2 N–H and O–H groups in total. The zero-order chi connectivity index (χ0) is 24.6. The number of anilines is 3. The normalized spacial score (nSPS) is 22.6. The number of ether oxygens (including phenoxy) is 2. The van der Waals surface area contributed by atoms with Crippen LogP contribution in [0.15, 0.2) is 30.3 Å². The lowest BCUT2D eigenvalue weighted by Crippen LogP contribution is -2.46. The summed E-state index contributed by atoms with van der Waals surface area (Å²) in [6.45, 7) is 9.69. The molecule has 0 unspecified atom stereocenters. The maximum atomic E-state index is 12.6. The van der Waals surface area contributed by atoms with Gasteiger partial charge in [0.15, 0.2) is 5.65 Å². The van der Waals surface area contributed by atoms with Crippen molar-refractivity contribution in [2.75, 3.05) is 67.7 Å². The zero-order valence-corrected chi connectivity index (χ0v) is 20.7. The second-order valence-electron chi connectivity index (χ2n) is 9.59. The Morgan fingerprint density at radius 1 is 0.889 bits per heavy atom. The standard InChI is InChI=1S/C26H31N7O3/c1-16-14-35-11-9-32(16)24-19-4-6-21(18-3-5-22-20(13-18)25(34)28-8-7-27-22)29-23(19)30-26(31-24)33-10-12-36-15-17(33)2/h3-6,13,16-17,27H,7-12,14-15H2,1-2H3,(H,28,34)/t16-,17-/m0/s1. The van der Waals surface area contributed by atoms with Gasteiger partial charge in [0, 0.05) is 37.4 Å². The summed E-state index contributed by atoms with van der Waals surface area (Å²) in [5.41, 5.74) is 3.74. The van der Waals surface area contributed by atoms with Crippen molar-refractivity contribution in [2.45, 2.75) is 25.9 Å². The molecule has 1 aromatic carbocycles. The SMILES string of the molecule is C[C@H]1COCCN1c1nc(N2CCOC[C@@H]2C)c2ccc(-c3ccc4c(c3)C(=O)NCCN4)nc2n1. The monoisotopic (exact) mass is 489 g/mol. The number of rotatable bonds is 3. The average Bonchev–Trinajstić information content (AvgIpc) is 3.09. The third-order valence-electron chi connectivity index (χ3n) is 7.08. The van der Waals surface area contributed by atoms with E-state index in [2.05, 4.69) is 34.3 Å². The van der Waals surface area contributed by atoms with Crippen molar-refractivity contribution in [3.05, 3.63) is 35.9 Å². The number of amides is 1. The number of nitrogens with zero attached hydrogens (tertiary/aromatic N) is 5. The molecule has 2 atom stereocenters. The summed E-state index contributed by atoms with van der Waals surface area (Å²) in [7, 11) is 0. The highest BCUT2D eigenvalue weighted by molar-refractivity contribution is 6.01. The van der Waals surface area contributed by atoms with Gasteiger partial charge in [-0.3, -0.25) is 4.79 Å². The van der Waals surface area contributed by atoms with E-state index in [9.17, 15) is 4.79 Å². The van der Waals surface area contributed by atoms with Gasteiger partial charge in [0.2, 0.25) is 5.95 Å². The van der Waals surface area contributed by atoms with Crippen molar-refractivity contribution in [2.24, 2.45) is 0 Å². The van der Waals surface area contributed by atoms with Gasteiger partial charge in [-0.15, -0.1) is 0 Å². The van der Waals surface area contributed by atoms with Crippen LogP contribution in [0.5, 0.6) is 0 Å². The first-order valence-electron chi connectivity index (χ1n) is 12.6. The van der Waals surface area contributed by atoms with Gasteiger partial charge in [0.1, 0.15) is 5.82 Å². The Morgan fingerprint density at radius 3 is 2.42 bits per heavy atom. The van der Waals surface area contributed by atoms with Crippen molar-refractivity contribution in [1.29, 1.82) is 0 Å². The van der Waals surface area contributed by atoms with Crippen LogP contribution in [-0.2, 0) is 9.47 Å². The molecule has 3 aliphatic heterocycles. The largest absolute Gasteiger partial charge is 0.383 e. The fourth-order valence-electron chi connectivity index (χ4n) is 5.07. The van der Waals surface area contributed by atoms with E-state index >= 15 is 0 Å². The Kier molecular flexibility index (Phi) is 6.06. The molecule has 2 aromatic heterocycles. The molecule has 0 spiro atoms. The molecule has 2 saturated heterocycles. The van der Waals surface area contributed by atoms with E-state index < -0.39 is 0 Å². The van der Waals surface area contributed by atoms with Crippen LogP contribution in [-0.4, -0.2) is 85.5 Å². The Bertz CT molecular complexity index is 1300. The van der Waals surface area contributed by atoms with E-state index in [1.165, 1.54) is 0 Å². The van der Waals surface area contributed by atoms with E-state index in [1.54, 1.807) is 0 Å². The minimum atomic E-state index is -0.0767. The highest BCUT2D eigenvalue weighted by atomic mass is 16.5. The Morgan fingerprint density at radius 2 is 1.64 bits per heavy atom. The summed E-state index contributed by atoms with van der Waals surface area (Å²) < 4.78 is 11.3. The van der Waals surface area contributed by atoms with Crippen LogP contribution in [0.25, 0.3) is 22.3 Å². The third kappa shape index (κ3) is 4.20. The Hall–Kier alpha value is -3.50. The Labute approximate surface area is 210 Å². The number of nitrogens with one attached hydrogen (secondary N) is 2. The van der Waals surface area contributed by atoms with Gasteiger partial charge in [-0.1, -0.05) is 6.07 Å². The molecule has 0 radical (unpaired) electrons. The van der Waals surface area contributed by atoms with Crippen molar-refractivity contribution in [3.8, 4) is 11.3 Å². The smallest absolute Gasteiger partial charge is 0.253 e. The van der Waals surface area contributed by atoms with E-state index in [1.807, 2.05) is 30.3 Å². The average molecular weight is 490 g/mol. The number of benzene rings is 1. The van der Waals surface area contributed by atoms with E-state index in [4.69, 9.17) is 24.4 Å². The van der Waals surface area contributed by atoms with Crippen LogP contribution in [0.4, 0.5) is 17.5 Å². The third-order valence-corrected chi connectivity index (χ3v) is 7.08. The number of aromatic nitrogens is 3. The van der Waals surface area contributed by atoms with Crippen LogP contribution in [0.1, 0.15) is 24.2 Å². The molecule has 5 heterocycles. The Balaban J connectivity index is 1.47. The molecule has 0 saturated carbocycles. The fraction of sp³-hybridized carbons (Fsp3) is 0.462. The highest BCUT2D eigenvalue weighted by Crippen LogP contribution is 2.32. The number of morpholine rings is 2. The highest BCUT2D eigenvalue weighted by Gasteiger charge is 2.27. The van der Waals surface area contributed by atoms with E-state index in [0.717, 1.165) is 41.2 Å². The molecule has 1 amide bonds. The topological polar surface area (TPSA) is 105 Å². The summed E-state index contributed by atoms with van der Waals surface area (Å²) in [6.07, 6.45) is 0. The second-order valence-corrected chi connectivity index (χ2v) is 9.59. The zero-order valence-electron chi connectivity index (χ0n) is 20.7. The van der Waals surface area contributed by atoms with Gasteiger partial charge in [-0.2, -0.15) is 9.97 Å². The van der Waals surface area contributed by atoms with Gasteiger partial charge in [-0.05, 0) is 38.1 Å². The predicted octanol–water partition coefficient (Wildman–Crippen LogP) is 2.30. The van der Waals surface area contributed by atoms with Gasteiger partial charge < -0.3 is 29.9 Å². The maximum absolute atomic E-state index is 12.6. The second kappa shape index (κ2) is 9.51. The van der Waals surface area contributed by atoms with Gasteiger partial charge >= 0.3 is 0 Å². The van der Waals surface area contributed by atoms with Crippen molar-refractivity contribution in [1.82, 2.24) is 20.3 Å². The number of fused-ring (bicyclic) bond motifs is 2. The minimum Gasteiger partial charge on any atom is -0.383 e. The molecule has 3 aromatic rings. The molecule has 36 heavy (non-hydrogen) atoms. The number of carbonyl (C=O) groups is 1. The molecule has 188 valence electrons. The summed E-state index contributed by atoms with van der Waals surface area (Å²) in [4.78, 5) is 32.0. The molecule has 6 rings (SSSR count). The first-order chi connectivity index (χ1) is 17.6. The summed E-state index contributed by atoms with van der Waals surface area (Å²) in [6, 6.07) is 10.2. The van der Waals surface area contributed by atoms with Crippen LogP contribution in [0.3, 0.4) is 0 Å². The summed E-state index contributed by atoms with van der Waals surface area (Å²) in [5, 5.41) is 7.14. The van der Waals surface area contributed by atoms with Crippen LogP contribution in [0, 0.1) is 0 Å². The van der Waals surface area contributed by atoms with E-state index in [0.29, 0.717) is 56.7 Å². The predicted molar refractivity (Wildman–Crippen MR) is 139 cm³/mol. The summed E-state index contributed by atoms with van der Waals surface area (Å²) in [5.74, 6) is 1.48. The number of hydrogen-bond acceptors (Lipinski definition) is 9. The lowest BCUT2D eigenvalue weighted by molar-refractivity contribution is 0.0957. The molecule has 10 nitrogen and oxygen atoms in total. The van der Waals surface area contributed by atoms with Gasteiger partial charge in [-0.25, -0.2) is 4.98 Å². The summed E-state index contributed by atoms with van der Waals surface area (Å²) >= 11 is 0. The van der Waals surface area contributed by atoms with Crippen molar-refractivity contribution in [3.63, 3.8) is 0 Å². The molecular weight excluding hydrogens is 458 g/mol. The van der Waals surface area contributed by atoms with Gasteiger partial charge in [0.25, 0.3) is 5.91 Å². The van der Waals surface area contributed by atoms with Crippen molar-refractivity contribution >= 4 is 34.4 Å². The first kappa shape index (κ1) is 22.9. The lowest BCUT2D eigenvalue weighted by atomic mass is 10.0.